The lowest BCUT2D eigenvalue weighted by Gasteiger charge is -2.06. The fourth-order valence-corrected chi connectivity index (χ4v) is 2.36. The second-order valence-corrected chi connectivity index (χ2v) is 5.14. The van der Waals surface area contributed by atoms with Crippen LogP contribution < -0.4 is 5.32 Å². The van der Waals surface area contributed by atoms with Gasteiger partial charge in [0.2, 0.25) is 5.82 Å². The summed E-state index contributed by atoms with van der Waals surface area (Å²) in [6.07, 6.45) is 4.42. The van der Waals surface area contributed by atoms with Crippen LogP contribution in [0.15, 0.2) is 61.1 Å². The van der Waals surface area contributed by atoms with Crippen LogP contribution in [0.4, 0.5) is 10.2 Å². The van der Waals surface area contributed by atoms with E-state index in [0.717, 1.165) is 0 Å². The molecule has 0 aliphatic rings. The highest BCUT2D eigenvalue weighted by atomic mass is 19.1. The molecule has 8 heteroatoms. The van der Waals surface area contributed by atoms with Crippen molar-refractivity contribution in [2.24, 2.45) is 0 Å². The molecule has 25 heavy (non-hydrogen) atoms. The molecule has 0 saturated heterocycles. The second kappa shape index (κ2) is 6.08. The first-order valence-corrected chi connectivity index (χ1v) is 7.40. The first-order chi connectivity index (χ1) is 12.2. The number of aromatic nitrogens is 5. The predicted octanol–water partition coefficient (Wildman–Crippen LogP) is 2.58. The van der Waals surface area contributed by atoms with Crippen molar-refractivity contribution in [2.45, 2.75) is 0 Å². The maximum Gasteiger partial charge on any atom is 0.294 e. The quantitative estimate of drug-likeness (QED) is 0.622. The highest BCUT2D eigenvalue weighted by Gasteiger charge is 2.14. The molecular formula is C17H11FN6O. The molecule has 3 aromatic heterocycles. The van der Waals surface area contributed by atoms with Crippen molar-refractivity contribution >= 4 is 17.4 Å². The van der Waals surface area contributed by atoms with Crippen LogP contribution >= 0.6 is 0 Å². The zero-order chi connectivity index (χ0) is 17.2. The van der Waals surface area contributed by atoms with Crippen LogP contribution in [0.1, 0.15) is 10.6 Å². The molecule has 1 N–H and O–H groups in total. The van der Waals surface area contributed by atoms with E-state index in [1.165, 1.54) is 29.2 Å². The van der Waals surface area contributed by atoms with Gasteiger partial charge in [-0.25, -0.2) is 19.3 Å². The lowest BCUT2D eigenvalue weighted by atomic mass is 10.1. The maximum absolute atomic E-state index is 14.0. The highest BCUT2D eigenvalue weighted by Crippen LogP contribution is 2.21. The zero-order valence-electron chi connectivity index (χ0n) is 12.8. The third-order valence-corrected chi connectivity index (χ3v) is 3.52. The lowest BCUT2D eigenvalue weighted by molar-refractivity contribution is 0.101. The molecule has 1 aromatic carbocycles. The van der Waals surface area contributed by atoms with Gasteiger partial charge in [-0.15, -0.1) is 0 Å². The Kier molecular flexibility index (Phi) is 3.62. The predicted molar refractivity (Wildman–Crippen MR) is 88.4 cm³/mol. The van der Waals surface area contributed by atoms with E-state index in [2.05, 4.69) is 25.4 Å². The van der Waals surface area contributed by atoms with Crippen molar-refractivity contribution in [2.75, 3.05) is 5.32 Å². The minimum Gasteiger partial charge on any atom is -0.302 e. The van der Waals surface area contributed by atoms with Crippen molar-refractivity contribution < 1.29 is 9.18 Å². The second-order valence-electron chi connectivity index (χ2n) is 5.14. The normalized spacial score (nSPS) is 10.8. The molecular weight excluding hydrogens is 323 g/mol. The largest absolute Gasteiger partial charge is 0.302 e. The van der Waals surface area contributed by atoms with Crippen LogP contribution in [0.25, 0.3) is 16.9 Å². The third kappa shape index (κ3) is 2.80. The first-order valence-electron chi connectivity index (χ1n) is 7.40. The number of fused-ring (bicyclic) bond motifs is 1. The monoisotopic (exact) mass is 334 g/mol. The molecule has 3 heterocycles. The Morgan fingerprint density at radius 1 is 1.00 bits per heavy atom. The number of nitrogens with one attached hydrogen (secondary N) is 1. The average Bonchev–Trinajstić information content (AvgIpc) is 3.05. The van der Waals surface area contributed by atoms with Crippen LogP contribution in [-0.2, 0) is 0 Å². The Morgan fingerprint density at radius 2 is 1.80 bits per heavy atom. The van der Waals surface area contributed by atoms with Gasteiger partial charge in [-0.2, -0.15) is 9.61 Å². The van der Waals surface area contributed by atoms with E-state index in [9.17, 15) is 9.18 Å². The van der Waals surface area contributed by atoms with Crippen LogP contribution in [0, 0.1) is 5.82 Å². The summed E-state index contributed by atoms with van der Waals surface area (Å²) in [7, 11) is 0. The minimum absolute atomic E-state index is 0.0303. The number of anilines is 1. The first kappa shape index (κ1) is 14.9. The number of benzene rings is 1. The fourth-order valence-electron chi connectivity index (χ4n) is 2.36. The summed E-state index contributed by atoms with van der Waals surface area (Å²) in [4.78, 5) is 24.2. The molecule has 0 spiro atoms. The molecule has 0 saturated carbocycles. The van der Waals surface area contributed by atoms with Crippen molar-refractivity contribution in [3.05, 3.63) is 72.7 Å². The summed E-state index contributed by atoms with van der Waals surface area (Å²) in [6.45, 7) is 0. The van der Waals surface area contributed by atoms with E-state index in [0.29, 0.717) is 22.7 Å². The molecule has 4 aromatic rings. The number of rotatable bonds is 3. The lowest BCUT2D eigenvalue weighted by Crippen LogP contribution is -2.16. The van der Waals surface area contributed by atoms with Crippen molar-refractivity contribution in [1.82, 2.24) is 24.6 Å². The fraction of sp³-hybridized carbons (Fsp3) is 0. The van der Waals surface area contributed by atoms with E-state index in [-0.39, 0.29) is 11.6 Å². The van der Waals surface area contributed by atoms with E-state index in [1.54, 1.807) is 36.4 Å². The highest BCUT2D eigenvalue weighted by molar-refractivity contribution is 6.01. The van der Waals surface area contributed by atoms with E-state index in [4.69, 9.17) is 0 Å². The average molecular weight is 334 g/mol. The number of halogens is 1. The van der Waals surface area contributed by atoms with Gasteiger partial charge in [0.05, 0.1) is 11.9 Å². The molecule has 0 atom stereocenters. The van der Waals surface area contributed by atoms with Crippen molar-refractivity contribution in [1.29, 1.82) is 0 Å². The molecule has 0 radical (unpaired) electrons. The topological polar surface area (TPSA) is 85.1 Å². The number of carbonyl (C=O) groups is 1. The minimum atomic E-state index is -0.486. The van der Waals surface area contributed by atoms with Gasteiger partial charge in [0.1, 0.15) is 5.82 Å². The van der Waals surface area contributed by atoms with E-state index < -0.39 is 5.91 Å². The molecule has 1 amide bonds. The van der Waals surface area contributed by atoms with Gasteiger partial charge in [-0.1, -0.05) is 12.1 Å². The van der Waals surface area contributed by atoms with Gasteiger partial charge in [-0.05, 0) is 30.3 Å². The van der Waals surface area contributed by atoms with Crippen LogP contribution in [0.5, 0.6) is 0 Å². The third-order valence-electron chi connectivity index (χ3n) is 3.52. The number of amides is 1. The Bertz CT molecular complexity index is 1060. The van der Waals surface area contributed by atoms with E-state index >= 15 is 0 Å². The summed E-state index contributed by atoms with van der Waals surface area (Å²) in [5, 5.41) is 7.03. The van der Waals surface area contributed by atoms with E-state index in [1.807, 2.05) is 0 Å². The molecule has 7 nitrogen and oxygen atoms in total. The Hall–Kier alpha value is -3.68. The summed E-state index contributed by atoms with van der Waals surface area (Å²) in [6, 6.07) is 11.3. The van der Waals surface area contributed by atoms with Gasteiger partial charge in [0.25, 0.3) is 5.91 Å². The van der Waals surface area contributed by atoms with Crippen molar-refractivity contribution in [3.63, 3.8) is 0 Å². The molecule has 0 fully saturated rings. The molecule has 0 aliphatic heterocycles. The Labute approximate surface area is 141 Å². The summed E-state index contributed by atoms with van der Waals surface area (Å²) in [5.74, 6) is -0.494. The van der Waals surface area contributed by atoms with Gasteiger partial charge >= 0.3 is 0 Å². The summed E-state index contributed by atoms with van der Waals surface area (Å²) >= 11 is 0. The molecule has 0 aliphatic carbocycles. The standard InChI is InChI=1S/C17H11FN6O/c18-12-5-2-1-4-11(12)13-6-7-14-21-10-15(24(14)23-13)22-17(25)16-19-8-3-9-20-16/h1-10H,(H,22,25). The van der Waals surface area contributed by atoms with Crippen LogP contribution in [0.3, 0.4) is 0 Å². The van der Waals surface area contributed by atoms with Gasteiger partial charge in [0.15, 0.2) is 11.5 Å². The molecule has 0 unspecified atom stereocenters. The Morgan fingerprint density at radius 3 is 2.60 bits per heavy atom. The zero-order valence-corrected chi connectivity index (χ0v) is 12.8. The van der Waals surface area contributed by atoms with Crippen LogP contribution in [-0.4, -0.2) is 30.5 Å². The van der Waals surface area contributed by atoms with Gasteiger partial charge in [0, 0.05) is 18.0 Å². The number of carbonyl (C=O) groups excluding carboxylic acids is 1. The summed E-state index contributed by atoms with van der Waals surface area (Å²) < 4.78 is 15.4. The maximum atomic E-state index is 14.0. The van der Waals surface area contributed by atoms with Crippen LogP contribution in [0.2, 0.25) is 0 Å². The molecule has 122 valence electrons. The van der Waals surface area contributed by atoms with Gasteiger partial charge < -0.3 is 5.32 Å². The smallest absolute Gasteiger partial charge is 0.294 e. The number of nitrogens with zero attached hydrogens (tertiary/aromatic N) is 5. The number of hydrogen-bond acceptors (Lipinski definition) is 5. The molecule has 0 bridgehead atoms. The van der Waals surface area contributed by atoms with Gasteiger partial charge in [-0.3, -0.25) is 4.79 Å². The summed E-state index contributed by atoms with van der Waals surface area (Å²) in [5.41, 5.74) is 1.31. The Balaban J connectivity index is 1.72. The number of hydrogen-bond donors (Lipinski definition) is 1. The SMILES string of the molecule is O=C(Nc1cnc2ccc(-c3ccccc3F)nn12)c1ncccn1. The van der Waals surface area contributed by atoms with Crippen molar-refractivity contribution in [3.8, 4) is 11.3 Å². The molecule has 4 rings (SSSR count). The number of imidazole rings is 1.